The quantitative estimate of drug-likeness (QED) is 0.872. The number of aryl methyl sites for hydroxylation is 1. The first-order chi connectivity index (χ1) is 11.7. The molecule has 0 saturated carbocycles. The molecule has 0 aromatic heterocycles. The SMILES string of the molecule is Cc1cccc(S(=O)(=O)Nc2ccc3c(c2)OCCN3S(C)(=O)=O)c1. The summed E-state index contributed by atoms with van der Waals surface area (Å²) in [5, 5.41) is 0. The summed E-state index contributed by atoms with van der Waals surface area (Å²) >= 11 is 0. The van der Waals surface area contributed by atoms with E-state index in [1.807, 2.05) is 13.0 Å². The van der Waals surface area contributed by atoms with Gasteiger partial charge >= 0.3 is 0 Å². The van der Waals surface area contributed by atoms with Crippen LogP contribution in [0.1, 0.15) is 5.56 Å². The van der Waals surface area contributed by atoms with Crippen molar-refractivity contribution < 1.29 is 21.6 Å². The van der Waals surface area contributed by atoms with Crippen molar-refractivity contribution in [2.45, 2.75) is 11.8 Å². The lowest BCUT2D eigenvalue weighted by molar-refractivity contribution is 0.316. The minimum absolute atomic E-state index is 0.156. The maximum Gasteiger partial charge on any atom is 0.261 e. The van der Waals surface area contributed by atoms with Crippen molar-refractivity contribution in [3.8, 4) is 5.75 Å². The van der Waals surface area contributed by atoms with Gasteiger partial charge in [-0.1, -0.05) is 12.1 Å². The molecule has 1 heterocycles. The fourth-order valence-electron chi connectivity index (χ4n) is 2.60. The average molecular weight is 382 g/mol. The van der Waals surface area contributed by atoms with E-state index in [4.69, 9.17) is 4.74 Å². The minimum Gasteiger partial charge on any atom is -0.489 e. The van der Waals surface area contributed by atoms with E-state index in [0.29, 0.717) is 17.1 Å². The first-order valence-corrected chi connectivity index (χ1v) is 10.8. The molecule has 1 N–H and O–H groups in total. The molecule has 0 fully saturated rings. The molecule has 0 aliphatic carbocycles. The Morgan fingerprint density at radius 2 is 1.84 bits per heavy atom. The zero-order valence-electron chi connectivity index (χ0n) is 13.8. The molecule has 0 saturated heterocycles. The van der Waals surface area contributed by atoms with Gasteiger partial charge in [-0.05, 0) is 36.8 Å². The highest BCUT2D eigenvalue weighted by molar-refractivity contribution is 7.92. The number of rotatable bonds is 4. The van der Waals surface area contributed by atoms with Crippen LogP contribution in [-0.2, 0) is 20.0 Å². The van der Waals surface area contributed by atoms with Crippen LogP contribution in [0.4, 0.5) is 11.4 Å². The molecule has 0 unspecified atom stereocenters. The van der Waals surface area contributed by atoms with E-state index in [-0.39, 0.29) is 18.0 Å². The van der Waals surface area contributed by atoms with Gasteiger partial charge in [-0.15, -0.1) is 0 Å². The summed E-state index contributed by atoms with van der Waals surface area (Å²) < 4.78 is 57.9. The predicted molar refractivity (Wildman–Crippen MR) is 96.1 cm³/mol. The van der Waals surface area contributed by atoms with Crippen LogP contribution in [-0.4, -0.2) is 36.2 Å². The molecule has 0 radical (unpaired) electrons. The number of hydrogen-bond donors (Lipinski definition) is 1. The highest BCUT2D eigenvalue weighted by Crippen LogP contribution is 2.35. The van der Waals surface area contributed by atoms with E-state index < -0.39 is 20.0 Å². The Balaban J connectivity index is 1.93. The van der Waals surface area contributed by atoms with E-state index in [1.54, 1.807) is 12.1 Å². The Kier molecular flexibility index (Phi) is 4.38. The minimum atomic E-state index is -3.74. The van der Waals surface area contributed by atoms with Crippen LogP contribution >= 0.6 is 0 Å². The Morgan fingerprint density at radius 3 is 2.52 bits per heavy atom. The third-order valence-corrected chi connectivity index (χ3v) is 6.29. The van der Waals surface area contributed by atoms with Crippen LogP contribution in [0.2, 0.25) is 0 Å². The van der Waals surface area contributed by atoms with Crippen molar-refractivity contribution in [3.05, 3.63) is 48.0 Å². The Hall–Kier alpha value is -2.26. The first-order valence-electron chi connectivity index (χ1n) is 7.51. The summed E-state index contributed by atoms with van der Waals surface area (Å²) in [6.45, 7) is 2.24. The molecule has 0 atom stereocenters. The number of sulfonamides is 2. The summed E-state index contributed by atoms with van der Waals surface area (Å²) in [6.07, 6.45) is 1.12. The normalized spacial score (nSPS) is 14.6. The number of nitrogens with one attached hydrogen (secondary N) is 1. The fourth-order valence-corrected chi connectivity index (χ4v) is 4.67. The number of nitrogens with zero attached hydrogens (tertiary/aromatic N) is 1. The molecule has 1 aliphatic rings. The van der Waals surface area contributed by atoms with Crippen molar-refractivity contribution in [1.82, 2.24) is 0 Å². The van der Waals surface area contributed by atoms with Gasteiger partial charge in [0.1, 0.15) is 12.4 Å². The molecule has 2 aromatic rings. The lowest BCUT2D eigenvalue weighted by Crippen LogP contribution is -2.37. The lowest BCUT2D eigenvalue weighted by atomic mass is 10.2. The Labute approximate surface area is 147 Å². The van der Waals surface area contributed by atoms with Crippen molar-refractivity contribution >= 4 is 31.4 Å². The van der Waals surface area contributed by atoms with E-state index in [9.17, 15) is 16.8 Å². The monoisotopic (exact) mass is 382 g/mol. The molecule has 25 heavy (non-hydrogen) atoms. The highest BCUT2D eigenvalue weighted by atomic mass is 32.2. The second kappa shape index (κ2) is 6.23. The molecular formula is C16H18N2O5S2. The van der Waals surface area contributed by atoms with Crippen LogP contribution in [0.3, 0.4) is 0 Å². The number of benzene rings is 2. The molecule has 0 amide bonds. The zero-order valence-corrected chi connectivity index (χ0v) is 15.4. The predicted octanol–water partition coefficient (Wildman–Crippen LogP) is 1.95. The number of anilines is 2. The second-order valence-electron chi connectivity index (χ2n) is 5.79. The van der Waals surface area contributed by atoms with Crippen LogP contribution in [0, 0.1) is 6.92 Å². The molecule has 1 aliphatic heterocycles. The summed E-state index contributed by atoms with van der Waals surface area (Å²) in [5.74, 6) is 0.320. The lowest BCUT2D eigenvalue weighted by Gasteiger charge is -2.29. The van der Waals surface area contributed by atoms with Gasteiger partial charge in [0.2, 0.25) is 10.0 Å². The summed E-state index contributed by atoms with van der Waals surface area (Å²) in [6, 6.07) is 11.1. The van der Waals surface area contributed by atoms with Gasteiger partial charge in [0.05, 0.1) is 29.1 Å². The van der Waals surface area contributed by atoms with Crippen LogP contribution < -0.4 is 13.8 Å². The standard InChI is InChI=1S/C16H18N2O5S2/c1-12-4-3-5-14(10-12)25(21,22)17-13-6-7-15-16(11-13)23-9-8-18(15)24(2,19)20/h3-7,10-11,17H,8-9H2,1-2H3. The molecule has 3 rings (SSSR count). The van der Waals surface area contributed by atoms with Crippen molar-refractivity contribution in [3.63, 3.8) is 0 Å². The third-order valence-electron chi connectivity index (χ3n) is 3.73. The molecule has 2 aromatic carbocycles. The van der Waals surface area contributed by atoms with Gasteiger partial charge in [-0.3, -0.25) is 9.03 Å². The van der Waals surface area contributed by atoms with Crippen molar-refractivity contribution in [2.75, 3.05) is 28.4 Å². The van der Waals surface area contributed by atoms with Gasteiger partial charge in [-0.25, -0.2) is 16.8 Å². The van der Waals surface area contributed by atoms with Crippen molar-refractivity contribution in [2.24, 2.45) is 0 Å². The van der Waals surface area contributed by atoms with Crippen LogP contribution in [0.5, 0.6) is 5.75 Å². The largest absolute Gasteiger partial charge is 0.489 e. The molecule has 7 nitrogen and oxygen atoms in total. The number of fused-ring (bicyclic) bond motifs is 1. The summed E-state index contributed by atoms with van der Waals surface area (Å²) in [7, 11) is -7.16. The fraction of sp³-hybridized carbons (Fsp3) is 0.250. The summed E-state index contributed by atoms with van der Waals surface area (Å²) in [5.41, 5.74) is 1.53. The Bertz CT molecular complexity index is 1020. The summed E-state index contributed by atoms with van der Waals surface area (Å²) in [4.78, 5) is 0.156. The smallest absolute Gasteiger partial charge is 0.261 e. The molecule has 9 heteroatoms. The van der Waals surface area contributed by atoms with Gasteiger partial charge in [0.25, 0.3) is 10.0 Å². The van der Waals surface area contributed by atoms with E-state index >= 15 is 0 Å². The first kappa shape index (κ1) is 17.6. The van der Waals surface area contributed by atoms with Gasteiger partial charge < -0.3 is 4.74 Å². The maximum absolute atomic E-state index is 12.5. The average Bonchev–Trinajstić information content (AvgIpc) is 2.53. The van der Waals surface area contributed by atoms with Gasteiger partial charge in [-0.2, -0.15) is 0 Å². The third kappa shape index (κ3) is 3.72. The van der Waals surface area contributed by atoms with Gasteiger partial charge in [0.15, 0.2) is 0 Å². The zero-order chi connectivity index (χ0) is 18.2. The van der Waals surface area contributed by atoms with Crippen molar-refractivity contribution in [1.29, 1.82) is 0 Å². The molecule has 0 spiro atoms. The second-order valence-corrected chi connectivity index (χ2v) is 9.38. The number of hydrogen-bond acceptors (Lipinski definition) is 5. The highest BCUT2D eigenvalue weighted by Gasteiger charge is 2.26. The van der Waals surface area contributed by atoms with E-state index in [2.05, 4.69) is 4.72 Å². The Morgan fingerprint density at radius 1 is 1.08 bits per heavy atom. The number of ether oxygens (including phenoxy) is 1. The van der Waals surface area contributed by atoms with E-state index in [1.165, 1.54) is 28.6 Å². The molecular weight excluding hydrogens is 364 g/mol. The molecule has 0 bridgehead atoms. The van der Waals surface area contributed by atoms with E-state index in [0.717, 1.165) is 11.8 Å². The van der Waals surface area contributed by atoms with Crippen LogP contribution in [0.25, 0.3) is 0 Å². The molecule has 134 valence electrons. The van der Waals surface area contributed by atoms with Gasteiger partial charge in [0, 0.05) is 6.07 Å². The van der Waals surface area contributed by atoms with Crippen LogP contribution in [0.15, 0.2) is 47.4 Å². The topological polar surface area (TPSA) is 92.8 Å². The maximum atomic E-state index is 12.5.